The molecule has 7 nitrogen and oxygen atoms in total. The van der Waals surface area contributed by atoms with Crippen LogP contribution in [-0.4, -0.2) is 63.4 Å². The summed E-state index contributed by atoms with van der Waals surface area (Å²) in [4.78, 5) is 30.2. The number of aromatic nitrogens is 2. The van der Waals surface area contributed by atoms with Crippen LogP contribution < -0.4 is 0 Å². The molecule has 0 radical (unpaired) electrons. The van der Waals surface area contributed by atoms with Crippen molar-refractivity contribution in [1.82, 2.24) is 19.6 Å². The molecule has 36 heavy (non-hydrogen) atoms. The van der Waals surface area contributed by atoms with Crippen molar-refractivity contribution in [3.8, 4) is 0 Å². The lowest BCUT2D eigenvalue weighted by molar-refractivity contribution is 0.0201. The molecule has 7 heteroatoms. The first kappa shape index (κ1) is 26.2. The van der Waals surface area contributed by atoms with E-state index in [1.807, 2.05) is 30.4 Å². The Bertz CT molecular complexity index is 1080. The standard InChI is InChI=1S/C29H42N4O3/c1-20-8-10-21(11-9-20)23-14-17-32(19-23)26(34)24-18-30-33(28(2,3)4)25(24)22-12-15-31(16-13-22)27(35)36-29(5,6)7/h8-11,18,22-23H,12-17,19H2,1-7H3/t23-/m1/s1. The Balaban J connectivity index is 1.51. The van der Waals surface area contributed by atoms with E-state index in [0.29, 0.717) is 24.6 Å². The molecule has 0 bridgehead atoms. The van der Waals surface area contributed by atoms with Crippen molar-refractivity contribution in [2.45, 2.75) is 90.7 Å². The smallest absolute Gasteiger partial charge is 0.410 e. The fraction of sp³-hybridized carbons (Fsp3) is 0.621. The maximum Gasteiger partial charge on any atom is 0.410 e. The number of hydrogen-bond acceptors (Lipinski definition) is 4. The third-order valence-corrected chi connectivity index (χ3v) is 7.23. The number of piperidine rings is 1. The molecule has 4 rings (SSSR count). The van der Waals surface area contributed by atoms with Gasteiger partial charge in [-0.2, -0.15) is 5.10 Å². The molecule has 2 aliphatic heterocycles. The summed E-state index contributed by atoms with van der Waals surface area (Å²) in [5.74, 6) is 0.609. The highest BCUT2D eigenvalue weighted by molar-refractivity contribution is 5.95. The molecule has 2 fully saturated rings. The van der Waals surface area contributed by atoms with Gasteiger partial charge < -0.3 is 14.5 Å². The van der Waals surface area contributed by atoms with Crippen LogP contribution in [0.1, 0.15) is 99.8 Å². The Morgan fingerprint density at radius 3 is 2.06 bits per heavy atom. The van der Waals surface area contributed by atoms with Crippen LogP contribution in [0.15, 0.2) is 30.5 Å². The lowest BCUT2D eigenvalue weighted by atomic mass is 9.90. The Labute approximate surface area is 215 Å². The summed E-state index contributed by atoms with van der Waals surface area (Å²) in [5.41, 5.74) is 3.52. The van der Waals surface area contributed by atoms with Gasteiger partial charge in [0.1, 0.15) is 5.60 Å². The van der Waals surface area contributed by atoms with Crippen molar-refractivity contribution in [1.29, 1.82) is 0 Å². The van der Waals surface area contributed by atoms with E-state index in [-0.39, 0.29) is 23.5 Å². The Kier molecular flexibility index (Phi) is 7.22. The van der Waals surface area contributed by atoms with E-state index in [1.165, 1.54) is 11.1 Å². The van der Waals surface area contributed by atoms with Gasteiger partial charge in [0.25, 0.3) is 5.91 Å². The molecular formula is C29H42N4O3. The van der Waals surface area contributed by atoms with Gasteiger partial charge >= 0.3 is 6.09 Å². The minimum Gasteiger partial charge on any atom is -0.444 e. The second-order valence-electron chi connectivity index (χ2n) is 12.4. The number of nitrogens with zero attached hydrogens (tertiary/aromatic N) is 4. The normalized spacial score (nSPS) is 19.6. The van der Waals surface area contributed by atoms with Crippen molar-refractivity contribution in [3.63, 3.8) is 0 Å². The second kappa shape index (κ2) is 9.91. The van der Waals surface area contributed by atoms with Gasteiger partial charge in [-0.05, 0) is 73.3 Å². The molecule has 2 amide bonds. The molecule has 0 unspecified atom stereocenters. The number of aryl methyl sites for hydroxylation is 1. The summed E-state index contributed by atoms with van der Waals surface area (Å²) in [6, 6.07) is 8.68. The highest BCUT2D eigenvalue weighted by Crippen LogP contribution is 2.36. The lowest BCUT2D eigenvalue weighted by Crippen LogP contribution is -2.42. The summed E-state index contributed by atoms with van der Waals surface area (Å²) in [5, 5.41) is 4.71. The lowest BCUT2D eigenvalue weighted by Gasteiger charge is -2.35. The van der Waals surface area contributed by atoms with Gasteiger partial charge in [-0.1, -0.05) is 29.8 Å². The Morgan fingerprint density at radius 2 is 1.47 bits per heavy atom. The van der Waals surface area contributed by atoms with Crippen LogP contribution in [0.2, 0.25) is 0 Å². The first-order chi connectivity index (χ1) is 16.8. The molecule has 0 saturated carbocycles. The Morgan fingerprint density at radius 1 is 0.889 bits per heavy atom. The average Bonchev–Trinajstić information content (AvgIpc) is 3.46. The quantitative estimate of drug-likeness (QED) is 0.550. The molecule has 196 valence electrons. The maximum absolute atomic E-state index is 13.8. The molecule has 0 spiro atoms. The monoisotopic (exact) mass is 494 g/mol. The van der Waals surface area contributed by atoms with Crippen LogP contribution in [0.5, 0.6) is 0 Å². The predicted molar refractivity (Wildman–Crippen MR) is 141 cm³/mol. The van der Waals surface area contributed by atoms with Gasteiger partial charge in [0.15, 0.2) is 0 Å². The van der Waals surface area contributed by atoms with Crippen LogP contribution in [0, 0.1) is 6.92 Å². The Hall–Kier alpha value is -2.83. The third-order valence-electron chi connectivity index (χ3n) is 7.23. The molecule has 0 N–H and O–H groups in total. The van der Waals surface area contributed by atoms with Crippen LogP contribution in [0.4, 0.5) is 4.79 Å². The molecule has 1 aromatic carbocycles. The number of carbonyl (C=O) groups excluding carboxylic acids is 2. The van der Waals surface area contributed by atoms with E-state index in [0.717, 1.165) is 38.0 Å². The molecule has 2 aromatic rings. The summed E-state index contributed by atoms with van der Waals surface area (Å²) in [6.45, 7) is 16.8. The molecule has 1 atom stereocenters. The van der Waals surface area contributed by atoms with Gasteiger partial charge in [-0.3, -0.25) is 9.48 Å². The van der Waals surface area contributed by atoms with Gasteiger partial charge in [0, 0.05) is 38.0 Å². The first-order valence-electron chi connectivity index (χ1n) is 13.3. The number of carbonyl (C=O) groups is 2. The second-order valence-corrected chi connectivity index (χ2v) is 12.4. The van der Waals surface area contributed by atoms with Gasteiger partial charge in [0.05, 0.1) is 23.0 Å². The van der Waals surface area contributed by atoms with Crippen LogP contribution in [0.25, 0.3) is 0 Å². The van der Waals surface area contributed by atoms with E-state index in [1.54, 1.807) is 11.1 Å². The number of benzene rings is 1. The predicted octanol–water partition coefficient (Wildman–Crippen LogP) is 5.69. The van der Waals surface area contributed by atoms with Crippen molar-refractivity contribution in [3.05, 3.63) is 52.8 Å². The van der Waals surface area contributed by atoms with E-state index >= 15 is 0 Å². The zero-order chi connectivity index (χ0) is 26.3. The van der Waals surface area contributed by atoms with Gasteiger partial charge in [0.2, 0.25) is 0 Å². The SMILES string of the molecule is Cc1ccc([C@@H]2CCN(C(=O)c3cnn(C(C)(C)C)c3C3CCN(C(=O)OC(C)(C)C)CC3)C2)cc1. The molecule has 2 aliphatic rings. The zero-order valence-electron chi connectivity index (χ0n) is 23.0. The fourth-order valence-electron chi connectivity index (χ4n) is 5.34. The largest absolute Gasteiger partial charge is 0.444 e. The molecule has 0 aliphatic carbocycles. The summed E-state index contributed by atoms with van der Waals surface area (Å²) in [6.07, 6.45) is 4.05. The van der Waals surface area contributed by atoms with Crippen molar-refractivity contribution < 1.29 is 14.3 Å². The zero-order valence-corrected chi connectivity index (χ0v) is 23.0. The van der Waals surface area contributed by atoms with Crippen molar-refractivity contribution in [2.24, 2.45) is 0 Å². The summed E-state index contributed by atoms with van der Waals surface area (Å²) in [7, 11) is 0. The number of hydrogen-bond donors (Lipinski definition) is 0. The van der Waals surface area contributed by atoms with Gasteiger partial charge in [-0.15, -0.1) is 0 Å². The summed E-state index contributed by atoms with van der Waals surface area (Å²) >= 11 is 0. The first-order valence-corrected chi connectivity index (χ1v) is 13.3. The van der Waals surface area contributed by atoms with E-state index in [4.69, 9.17) is 9.84 Å². The van der Waals surface area contributed by atoms with Crippen LogP contribution >= 0.6 is 0 Å². The van der Waals surface area contributed by atoms with Crippen LogP contribution in [-0.2, 0) is 10.3 Å². The third kappa shape index (κ3) is 5.76. The number of amides is 2. The molecular weight excluding hydrogens is 452 g/mol. The van der Waals surface area contributed by atoms with Crippen LogP contribution in [0.3, 0.4) is 0 Å². The summed E-state index contributed by atoms with van der Waals surface area (Å²) < 4.78 is 7.60. The van der Waals surface area contributed by atoms with E-state index in [9.17, 15) is 9.59 Å². The van der Waals surface area contributed by atoms with Gasteiger partial charge in [-0.25, -0.2) is 4.79 Å². The number of rotatable bonds is 3. The van der Waals surface area contributed by atoms with Crippen molar-refractivity contribution in [2.75, 3.05) is 26.2 Å². The number of ether oxygens (including phenoxy) is 1. The minimum absolute atomic E-state index is 0.0738. The molecule has 2 saturated heterocycles. The average molecular weight is 495 g/mol. The molecule has 1 aromatic heterocycles. The van der Waals surface area contributed by atoms with Crippen molar-refractivity contribution >= 4 is 12.0 Å². The van der Waals surface area contributed by atoms with E-state index in [2.05, 4.69) is 52.0 Å². The highest BCUT2D eigenvalue weighted by atomic mass is 16.6. The highest BCUT2D eigenvalue weighted by Gasteiger charge is 2.36. The van der Waals surface area contributed by atoms with E-state index < -0.39 is 5.60 Å². The fourth-order valence-corrected chi connectivity index (χ4v) is 5.34. The molecule has 3 heterocycles. The maximum atomic E-state index is 13.8. The minimum atomic E-state index is -0.509. The number of likely N-dealkylation sites (tertiary alicyclic amines) is 2. The topological polar surface area (TPSA) is 67.7 Å².